The van der Waals surface area contributed by atoms with Crippen molar-refractivity contribution in [2.75, 3.05) is 25.6 Å². The van der Waals surface area contributed by atoms with Crippen LogP contribution < -0.4 is 9.54 Å². The van der Waals surface area contributed by atoms with Gasteiger partial charge < -0.3 is 14.0 Å². The molecule has 0 unspecified atom stereocenters. The molecular formula is C24H30N2O3S2. The molecule has 31 heavy (non-hydrogen) atoms. The number of nitrogens with zero attached hydrogens (tertiary/aromatic N) is 2. The molecule has 0 aliphatic carbocycles. The molecule has 0 radical (unpaired) electrons. The van der Waals surface area contributed by atoms with E-state index in [9.17, 15) is 4.79 Å². The minimum Gasteiger partial charge on any atom is -0.494 e. The number of amides is 1. The molecule has 0 spiro atoms. The van der Waals surface area contributed by atoms with Crippen LogP contribution in [0.25, 0.3) is 10.2 Å². The minimum atomic E-state index is -0.0675. The number of aromatic nitrogens is 1. The molecule has 0 saturated carbocycles. The maximum atomic E-state index is 12.5. The standard InChI is InChI=1S/C24H30N2O3S2/c1-3-28-15-14-26-21-13-12-20(29-4-2)17-22(21)31-24(26)25-23(27)11-8-16-30-18-19-9-6-5-7-10-19/h5-7,9-10,12-13,17H,3-4,8,11,14-16,18H2,1-2H3. The van der Waals surface area contributed by atoms with Crippen molar-refractivity contribution in [3.8, 4) is 5.75 Å². The van der Waals surface area contributed by atoms with Gasteiger partial charge in [-0.2, -0.15) is 16.8 Å². The van der Waals surface area contributed by atoms with Gasteiger partial charge in [0.2, 0.25) is 5.91 Å². The van der Waals surface area contributed by atoms with E-state index in [1.165, 1.54) is 16.9 Å². The predicted octanol–water partition coefficient (Wildman–Crippen LogP) is 5.28. The molecule has 0 aliphatic heterocycles. The lowest BCUT2D eigenvalue weighted by Crippen LogP contribution is -2.19. The van der Waals surface area contributed by atoms with Crippen LogP contribution in [-0.4, -0.2) is 36.0 Å². The topological polar surface area (TPSA) is 52.8 Å². The summed E-state index contributed by atoms with van der Waals surface area (Å²) in [6.07, 6.45) is 1.30. The minimum absolute atomic E-state index is 0.0675. The second-order valence-corrected chi connectivity index (χ2v) is 9.06. The highest BCUT2D eigenvalue weighted by Crippen LogP contribution is 2.23. The normalized spacial score (nSPS) is 11.9. The van der Waals surface area contributed by atoms with Crippen molar-refractivity contribution in [3.63, 3.8) is 0 Å². The summed E-state index contributed by atoms with van der Waals surface area (Å²) in [6.45, 7) is 6.50. The first-order chi connectivity index (χ1) is 15.2. The fraction of sp³-hybridized carbons (Fsp3) is 0.417. The SMILES string of the molecule is CCOCCn1c(=NC(=O)CCCSCc2ccccc2)sc2cc(OCC)ccc21. The van der Waals surface area contributed by atoms with Crippen molar-refractivity contribution in [2.45, 2.75) is 39.0 Å². The van der Waals surface area contributed by atoms with Crippen LogP contribution in [0.2, 0.25) is 0 Å². The molecule has 166 valence electrons. The molecule has 0 saturated heterocycles. The van der Waals surface area contributed by atoms with Crippen molar-refractivity contribution in [1.29, 1.82) is 0 Å². The molecule has 7 heteroatoms. The molecule has 1 amide bonds. The number of carbonyl (C=O) groups excluding carboxylic acids is 1. The van der Waals surface area contributed by atoms with Crippen LogP contribution in [0, 0.1) is 0 Å². The molecule has 3 rings (SSSR count). The van der Waals surface area contributed by atoms with E-state index in [2.05, 4.69) is 33.8 Å². The Balaban J connectivity index is 1.65. The van der Waals surface area contributed by atoms with Crippen LogP contribution >= 0.6 is 23.1 Å². The van der Waals surface area contributed by atoms with E-state index >= 15 is 0 Å². The molecule has 1 aromatic heterocycles. The number of hydrogen-bond acceptors (Lipinski definition) is 5. The monoisotopic (exact) mass is 458 g/mol. The summed E-state index contributed by atoms with van der Waals surface area (Å²) in [7, 11) is 0. The first-order valence-electron chi connectivity index (χ1n) is 10.7. The van der Waals surface area contributed by atoms with Gasteiger partial charge in [-0.3, -0.25) is 4.79 Å². The number of benzene rings is 2. The van der Waals surface area contributed by atoms with Gasteiger partial charge in [0.1, 0.15) is 5.75 Å². The number of fused-ring (bicyclic) bond motifs is 1. The van der Waals surface area contributed by atoms with Crippen LogP contribution in [0.3, 0.4) is 0 Å². The summed E-state index contributed by atoms with van der Waals surface area (Å²) in [5, 5.41) is 0. The van der Waals surface area contributed by atoms with E-state index in [-0.39, 0.29) is 5.91 Å². The van der Waals surface area contributed by atoms with Crippen LogP contribution in [0.4, 0.5) is 0 Å². The van der Waals surface area contributed by atoms with Gasteiger partial charge >= 0.3 is 0 Å². The molecule has 0 atom stereocenters. The molecule has 0 bridgehead atoms. The molecule has 5 nitrogen and oxygen atoms in total. The summed E-state index contributed by atoms with van der Waals surface area (Å²) < 4.78 is 14.3. The Bertz CT molecular complexity index is 1030. The third-order valence-electron chi connectivity index (χ3n) is 4.64. The van der Waals surface area contributed by atoms with E-state index in [4.69, 9.17) is 9.47 Å². The largest absolute Gasteiger partial charge is 0.494 e. The number of hydrogen-bond donors (Lipinski definition) is 0. The van der Waals surface area contributed by atoms with Gasteiger partial charge in [0.05, 0.1) is 23.4 Å². The van der Waals surface area contributed by atoms with Gasteiger partial charge in [-0.25, -0.2) is 0 Å². The third kappa shape index (κ3) is 7.23. The van der Waals surface area contributed by atoms with Gasteiger partial charge in [0, 0.05) is 25.3 Å². The average molecular weight is 459 g/mol. The molecular weight excluding hydrogens is 428 g/mol. The predicted molar refractivity (Wildman–Crippen MR) is 130 cm³/mol. The number of carbonyl (C=O) groups is 1. The van der Waals surface area contributed by atoms with E-state index in [1.54, 1.807) is 0 Å². The summed E-state index contributed by atoms with van der Waals surface area (Å²) >= 11 is 3.38. The lowest BCUT2D eigenvalue weighted by molar-refractivity contribution is -0.118. The van der Waals surface area contributed by atoms with Gasteiger partial charge in [-0.05, 0) is 49.8 Å². The Morgan fingerprint density at radius 2 is 1.97 bits per heavy atom. The molecule has 2 aromatic carbocycles. The number of thiazole rings is 1. The Labute approximate surface area is 192 Å². The number of thioether (sulfide) groups is 1. The maximum Gasteiger partial charge on any atom is 0.248 e. The van der Waals surface area contributed by atoms with Crippen LogP contribution in [0.5, 0.6) is 5.75 Å². The zero-order valence-electron chi connectivity index (χ0n) is 18.2. The maximum absolute atomic E-state index is 12.5. The van der Waals surface area contributed by atoms with Crippen molar-refractivity contribution in [3.05, 3.63) is 58.9 Å². The zero-order chi connectivity index (χ0) is 21.9. The Morgan fingerprint density at radius 1 is 1.13 bits per heavy atom. The molecule has 1 heterocycles. The van der Waals surface area contributed by atoms with Gasteiger partial charge in [0.15, 0.2) is 4.80 Å². The number of ether oxygens (including phenoxy) is 2. The fourth-order valence-electron chi connectivity index (χ4n) is 3.16. The summed E-state index contributed by atoms with van der Waals surface area (Å²) in [6, 6.07) is 16.4. The fourth-order valence-corrected chi connectivity index (χ4v) is 5.19. The zero-order valence-corrected chi connectivity index (χ0v) is 19.8. The Morgan fingerprint density at radius 3 is 2.74 bits per heavy atom. The highest BCUT2D eigenvalue weighted by atomic mass is 32.2. The van der Waals surface area contributed by atoms with E-state index in [0.717, 1.165) is 38.7 Å². The van der Waals surface area contributed by atoms with Crippen LogP contribution in [0.15, 0.2) is 53.5 Å². The average Bonchev–Trinajstić information content (AvgIpc) is 3.11. The molecule has 0 N–H and O–H groups in total. The van der Waals surface area contributed by atoms with Gasteiger partial charge in [-0.1, -0.05) is 41.7 Å². The smallest absolute Gasteiger partial charge is 0.248 e. The number of rotatable bonds is 12. The Hall–Kier alpha value is -2.09. The van der Waals surface area contributed by atoms with Gasteiger partial charge in [0.25, 0.3) is 0 Å². The van der Waals surface area contributed by atoms with E-state index in [1.807, 2.05) is 49.9 Å². The second-order valence-electron chi connectivity index (χ2n) is 6.94. The quantitative estimate of drug-likeness (QED) is 0.347. The highest BCUT2D eigenvalue weighted by Gasteiger charge is 2.09. The Kier molecular flexibility index (Phi) is 9.65. The lowest BCUT2D eigenvalue weighted by Gasteiger charge is -2.06. The second kappa shape index (κ2) is 12.7. The molecule has 0 aliphatic rings. The lowest BCUT2D eigenvalue weighted by atomic mass is 10.2. The molecule has 0 fully saturated rings. The van der Waals surface area contributed by atoms with E-state index < -0.39 is 0 Å². The summed E-state index contributed by atoms with van der Waals surface area (Å²) in [5.74, 6) is 2.69. The van der Waals surface area contributed by atoms with E-state index in [0.29, 0.717) is 32.8 Å². The first-order valence-corrected chi connectivity index (χ1v) is 12.7. The van der Waals surface area contributed by atoms with Crippen LogP contribution in [0.1, 0.15) is 32.3 Å². The van der Waals surface area contributed by atoms with Crippen LogP contribution in [-0.2, 0) is 21.8 Å². The summed E-state index contributed by atoms with van der Waals surface area (Å²) in [5.41, 5.74) is 2.37. The van der Waals surface area contributed by atoms with Crippen molar-refractivity contribution in [1.82, 2.24) is 4.57 Å². The third-order valence-corrected chi connectivity index (χ3v) is 6.80. The van der Waals surface area contributed by atoms with Gasteiger partial charge in [-0.15, -0.1) is 0 Å². The van der Waals surface area contributed by atoms with Crippen molar-refractivity contribution >= 4 is 39.2 Å². The van der Waals surface area contributed by atoms with Crippen molar-refractivity contribution < 1.29 is 14.3 Å². The molecule has 3 aromatic rings. The summed E-state index contributed by atoms with van der Waals surface area (Å²) in [4.78, 5) is 17.7. The first kappa shape index (κ1) is 23.6. The highest BCUT2D eigenvalue weighted by molar-refractivity contribution is 7.98. The van der Waals surface area contributed by atoms with Crippen molar-refractivity contribution in [2.24, 2.45) is 4.99 Å².